The summed E-state index contributed by atoms with van der Waals surface area (Å²) in [5, 5.41) is 0. The van der Waals surface area contributed by atoms with E-state index in [9.17, 15) is 0 Å². The van der Waals surface area contributed by atoms with Crippen LogP contribution in [-0.2, 0) is 0 Å². The summed E-state index contributed by atoms with van der Waals surface area (Å²) in [5.41, 5.74) is 0.0428. The predicted molar refractivity (Wildman–Crippen MR) is 42.7 cm³/mol. The van der Waals surface area contributed by atoms with Gasteiger partial charge in [-0.3, -0.25) is 4.99 Å². The van der Waals surface area contributed by atoms with Gasteiger partial charge in [0.05, 0.1) is 0 Å². The Balaban J connectivity index is 3.99. The average Bonchev–Trinajstić information content (AvgIpc) is 1.84. The summed E-state index contributed by atoms with van der Waals surface area (Å²) in [6.07, 6.45) is 5.50. The zero-order valence-corrected chi connectivity index (χ0v) is 6.09. The zero-order valence-electron chi connectivity index (χ0n) is 6.09. The maximum Gasteiger partial charge on any atom is 0.0229 e. The van der Waals surface area contributed by atoms with Crippen molar-refractivity contribution in [3.63, 3.8) is 0 Å². The molecule has 0 N–H and O–H groups in total. The fourth-order valence-corrected chi connectivity index (χ4v) is 0.313. The van der Waals surface area contributed by atoms with Crippen molar-refractivity contribution < 1.29 is 0 Å². The number of allylic oxidation sites excluding steroid dienone is 2. The third-order valence-corrected chi connectivity index (χ3v) is 1.14. The fraction of sp³-hybridized carbons (Fsp3) is 0.375. The molecule has 0 unspecified atom stereocenters. The first-order chi connectivity index (χ1) is 4.12. The Morgan fingerprint density at radius 1 is 1.44 bits per heavy atom. The van der Waals surface area contributed by atoms with Gasteiger partial charge in [0, 0.05) is 11.6 Å². The Hall–Kier alpha value is -0.850. The molecule has 0 radical (unpaired) electrons. The molecule has 0 aromatic heterocycles. The topological polar surface area (TPSA) is 12.4 Å². The van der Waals surface area contributed by atoms with Gasteiger partial charge >= 0.3 is 0 Å². The van der Waals surface area contributed by atoms with E-state index >= 15 is 0 Å². The average molecular weight is 123 g/mol. The van der Waals surface area contributed by atoms with Crippen molar-refractivity contribution >= 4 is 6.72 Å². The molecule has 0 atom stereocenters. The lowest BCUT2D eigenvalue weighted by Gasteiger charge is -2.11. The molecule has 0 aromatic carbocycles. The van der Waals surface area contributed by atoms with E-state index in [-0.39, 0.29) is 5.41 Å². The van der Waals surface area contributed by atoms with Crippen molar-refractivity contribution in [2.45, 2.75) is 13.8 Å². The molecule has 0 rings (SSSR count). The highest BCUT2D eigenvalue weighted by Crippen LogP contribution is 2.17. The highest BCUT2D eigenvalue weighted by atomic mass is 14.6. The Labute approximate surface area is 56.8 Å². The minimum Gasteiger partial charge on any atom is -0.273 e. The van der Waals surface area contributed by atoms with Crippen LogP contribution in [0.1, 0.15) is 13.8 Å². The van der Waals surface area contributed by atoms with Crippen LogP contribution in [0.15, 0.2) is 29.9 Å². The van der Waals surface area contributed by atoms with Crippen LogP contribution < -0.4 is 0 Å². The van der Waals surface area contributed by atoms with E-state index in [0.29, 0.717) is 0 Å². The molecule has 0 aromatic rings. The molecular formula is C8H13N. The molecule has 0 bridgehead atoms. The Bertz CT molecular complexity index is 132. The van der Waals surface area contributed by atoms with Gasteiger partial charge in [-0.05, 0) is 6.72 Å². The predicted octanol–water partition coefficient (Wildman–Crippen LogP) is 2.41. The van der Waals surface area contributed by atoms with E-state index in [1.165, 1.54) is 0 Å². The third-order valence-electron chi connectivity index (χ3n) is 1.14. The van der Waals surface area contributed by atoms with E-state index in [1.807, 2.05) is 12.2 Å². The molecule has 0 spiro atoms. The van der Waals surface area contributed by atoms with Crippen LogP contribution in [0, 0.1) is 5.41 Å². The van der Waals surface area contributed by atoms with Gasteiger partial charge in [-0.2, -0.15) is 0 Å². The monoisotopic (exact) mass is 123 g/mol. The first-order valence-electron chi connectivity index (χ1n) is 2.89. The van der Waals surface area contributed by atoms with Crippen LogP contribution in [-0.4, -0.2) is 6.72 Å². The van der Waals surface area contributed by atoms with Crippen molar-refractivity contribution in [3.8, 4) is 0 Å². The summed E-state index contributed by atoms with van der Waals surface area (Å²) >= 11 is 0. The van der Waals surface area contributed by atoms with Gasteiger partial charge in [-0.1, -0.05) is 26.0 Å². The summed E-state index contributed by atoms with van der Waals surface area (Å²) in [7, 11) is 0. The molecule has 0 aliphatic carbocycles. The van der Waals surface area contributed by atoms with E-state index < -0.39 is 0 Å². The number of hydrogen-bond acceptors (Lipinski definition) is 1. The Morgan fingerprint density at radius 3 is 2.33 bits per heavy atom. The van der Waals surface area contributed by atoms with Gasteiger partial charge < -0.3 is 0 Å². The lowest BCUT2D eigenvalue weighted by Crippen LogP contribution is -2.00. The molecule has 0 fully saturated rings. The maximum atomic E-state index is 3.67. The SMILES string of the molecule is C=CC(C)(C)/C=C\N=C. The van der Waals surface area contributed by atoms with Gasteiger partial charge in [0.2, 0.25) is 0 Å². The van der Waals surface area contributed by atoms with Crippen LogP contribution in [0.4, 0.5) is 0 Å². The van der Waals surface area contributed by atoms with E-state index in [1.54, 1.807) is 6.20 Å². The Kier molecular flexibility index (Phi) is 2.93. The third kappa shape index (κ3) is 3.71. The second-order valence-electron chi connectivity index (χ2n) is 2.52. The minimum absolute atomic E-state index is 0.0428. The first-order valence-corrected chi connectivity index (χ1v) is 2.89. The smallest absolute Gasteiger partial charge is 0.0229 e. The molecule has 50 valence electrons. The van der Waals surface area contributed by atoms with Gasteiger partial charge in [0.25, 0.3) is 0 Å². The molecule has 0 aliphatic rings. The van der Waals surface area contributed by atoms with Crippen molar-refractivity contribution in [2.75, 3.05) is 0 Å². The van der Waals surface area contributed by atoms with Crippen LogP contribution in [0.2, 0.25) is 0 Å². The van der Waals surface area contributed by atoms with Gasteiger partial charge in [0.1, 0.15) is 0 Å². The molecule has 0 saturated carbocycles. The second-order valence-corrected chi connectivity index (χ2v) is 2.52. The van der Waals surface area contributed by atoms with Crippen LogP contribution in [0.3, 0.4) is 0 Å². The van der Waals surface area contributed by atoms with Crippen molar-refractivity contribution in [3.05, 3.63) is 24.9 Å². The van der Waals surface area contributed by atoms with Crippen molar-refractivity contribution in [1.29, 1.82) is 0 Å². The molecular weight excluding hydrogens is 110 g/mol. The molecule has 9 heavy (non-hydrogen) atoms. The van der Waals surface area contributed by atoms with E-state index in [4.69, 9.17) is 0 Å². The summed E-state index contributed by atoms with van der Waals surface area (Å²) in [6, 6.07) is 0. The van der Waals surface area contributed by atoms with E-state index in [2.05, 4.69) is 32.1 Å². The molecule has 0 heterocycles. The standard InChI is InChI=1S/C8H13N/c1-5-8(2,3)6-7-9-4/h5-7H,1,4H2,2-3H3/b7-6-. The quantitative estimate of drug-likeness (QED) is 0.403. The zero-order chi connectivity index (χ0) is 7.33. The summed E-state index contributed by atoms with van der Waals surface area (Å²) in [5.74, 6) is 0. The summed E-state index contributed by atoms with van der Waals surface area (Å²) in [4.78, 5) is 3.59. The number of aliphatic imine (C=N–C) groups is 1. The normalized spacial score (nSPS) is 11.8. The van der Waals surface area contributed by atoms with Gasteiger partial charge in [-0.15, -0.1) is 6.58 Å². The highest BCUT2D eigenvalue weighted by molar-refractivity contribution is 5.26. The molecule has 1 nitrogen and oxygen atoms in total. The largest absolute Gasteiger partial charge is 0.273 e. The minimum atomic E-state index is 0.0428. The van der Waals surface area contributed by atoms with Crippen LogP contribution in [0.5, 0.6) is 0 Å². The number of rotatable bonds is 3. The van der Waals surface area contributed by atoms with Crippen molar-refractivity contribution in [2.24, 2.45) is 10.4 Å². The van der Waals surface area contributed by atoms with Crippen LogP contribution in [0.25, 0.3) is 0 Å². The lowest BCUT2D eigenvalue weighted by molar-refractivity contribution is 0.626. The summed E-state index contributed by atoms with van der Waals surface area (Å²) < 4.78 is 0. The van der Waals surface area contributed by atoms with Gasteiger partial charge in [-0.25, -0.2) is 0 Å². The molecule has 0 amide bonds. The van der Waals surface area contributed by atoms with E-state index in [0.717, 1.165) is 0 Å². The molecule has 0 aliphatic heterocycles. The Morgan fingerprint density at radius 2 is 2.00 bits per heavy atom. The highest BCUT2D eigenvalue weighted by Gasteiger charge is 2.05. The maximum absolute atomic E-state index is 3.67. The van der Waals surface area contributed by atoms with Crippen molar-refractivity contribution in [1.82, 2.24) is 0 Å². The summed E-state index contributed by atoms with van der Waals surface area (Å²) in [6.45, 7) is 11.1. The van der Waals surface area contributed by atoms with Gasteiger partial charge in [0.15, 0.2) is 0 Å². The molecule has 0 saturated heterocycles. The fourth-order valence-electron chi connectivity index (χ4n) is 0.313. The van der Waals surface area contributed by atoms with Crippen LogP contribution >= 0.6 is 0 Å². The first kappa shape index (κ1) is 8.15. The lowest BCUT2D eigenvalue weighted by atomic mass is 9.94. The molecule has 1 heteroatoms. The second kappa shape index (κ2) is 3.23. The number of nitrogens with zero attached hydrogens (tertiary/aromatic N) is 1. The number of hydrogen-bond donors (Lipinski definition) is 0.